The average molecular weight is 423 g/mol. The third-order valence-electron chi connectivity index (χ3n) is 4.09. The number of aliphatic imine (C=N–C) groups is 1. The maximum absolute atomic E-state index is 13.5. The van der Waals surface area contributed by atoms with Crippen molar-refractivity contribution < 1.29 is 27.1 Å². The Labute approximate surface area is 169 Å². The first kappa shape index (κ1) is 21.2. The number of fused-ring (bicyclic) bond motifs is 1. The van der Waals surface area contributed by atoms with Crippen LogP contribution in [0.2, 0.25) is 0 Å². The molecule has 0 fully saturated rings. The van der Waals surface area contributed by atoms with Gasteiger partial charge in [0.1, 0.15) is 11.5 Å². The maximum Gasteiger partial charge on any atom is 0.417 e. The van der Waals surface area contributed by atoms with Gasteiger partial charge in [-0.15, -0.1) is 0 Å². The fraction of sp³-hybridized carbons (Fsp3) is 0.263. The summed E-state index contributed by atoms with van der Waals surface area (Å²) >= 11 is 0. The van der Waals surface area contributed by atoms with E-state index in [0.29, 0.717) is 12.3 Å². The van der Waals surface area contributed by atoms with Crippen LogP contribution >= 0.6 is 0 Å². The summed E-state index contributed by atoms with van der Waals surface area (Å²) in [4.78, 5) is 20.3. The molecule has 1 aromatic carbocycles. The first-order valence-electron chi connectivity index (χ1n) is 8.79. The van der Waals surface area contributed by atoms with Crippen molar-refractivity contribution in [2.24, 2.45) is 10.7 Å². The third kappa shape index (κ3) is 4.57. The van der Waals surface area contributed by atoms with Crippen LogP contribution in [0, 0.1) is 0 Å². The first-order valence-corrected chi connectivity index (χ1v) is 8.79. The smallest absolute Gasteiger partial charge is 0.417 e. The van der Waals surface area contributed by atoms with E-state index in [9.17, 15) is 18.0 Å². The lowest BCUT2D eigenvalue weighted by atomic mass is 10.1. The molecular formula is C19H20F3N5O3. The van der Waals surface area contributed by atoms with Gasteiger partial charge < -0.3 is 30.1 Å². The minimum absolute atomic E-state index is 0.0167. The molecule has 0 radical (unpaired) electrons. The van der Waals surface area contributed by atoms with Gasteiger partial charge in [-0.3, -0.25) is 4.79 Å². The highest BCUT2D eigenvalue weighted by atomic mass is 19.4. The van der Waals surface area contributed by atoms with E-state index in [1.165, 1.54) is 7.05 Å². The van der Waals surface area contributed by atoms with E-state index in [-0.39, 0.29) is 34.3 Å². The second-order valence-corrected chi connectivity index (χ2v) is 6.69. The van der Waals surface area contributed by atoms with Crippen LogP contribution < -0.4 is 15.8 Å². The molecule has 3 aromatic rings. The van der Waals surface area contributed by atoms with Gasteiger partial charge in [0.25, 0.3) is 11.9 Å². The van der Waals surface area contributed by atoms with Gasteiger partial charge in [0, 0.05) is 18.5 Å². The number of halogens is 3. The van der Waals surface area contributed by atoms with Crippen LogP contribution in [-0.2, 0) is 12.7 Å². The first-order chi connectivity index (χ1) is 14.1. The summed E-state index contributed by atoms with van der Waals surface area (Å²) < 4.78 is 51.6. The molecule has 160 valence electrons. The number of carbonyl (C=O) groups excluding carboxylic acids is 1. The van der Waals surface area contributed by atoms with Crippen LogP contribution in [0.3, 0.4) is 0 Å². The van der Waals surface area contributed by atoms with Gasteiger partial charge in [-0.1, -0.05) is 0 Å². The number of nitrogens with two attached hydrogens (primary N) is 1. The SMILES string of the molecule is CNC(N)=NC(=O)c1cc2c(C(F)(F)F)ccc(Oc3ccc(CN(C)C)o3)c2[nH]1. The molecule has 2 aromatic heterocycles. The molecule has 0 aliphatic heterocycles. The van der Waals surface area contributed by atoms with Gasteiger partial charge in [0.05, 0.1) is 17.6 Å². The Morgan fingerprint density at radius 2 is 2.03 bits per heavy atom. The molecule has 4 N–H and O–H groups in total. The second-order valence-electron chi connectivity index (χ2n) is 6.69. The number of carbonyl (C=O) groups is 1. The van der Waals surface area contributed by atoms with Crippen molar-refractivity contribution in [1.82, 2.24) is 15.2 Å². The lowest BCUT2D eigenvalue weighted by molar-refractivity contribution is -0.136. The van der Waals surface area contributed by atoms with Crippen LogP contribution in [0.4, 0.5) is 13.2 Å². The third-order valence-corrected chi connectivity index (χ3v) is 4.09. The van der Waals surface area contributed by atoms with Gasteiger partial charge in [0.15, 0.2) is 11.7 Å². The van der Waals surface area contributed by atoms with Crippen LogP contribution in [0.5, 0.6) is 11.7 Å². The molecule has 0 bridgehead atoms. The molecule has 0 spiro atoms. The van der Waals surface area contributed by atoms with Crippen molar-refractivity contribution in [3.63, 3.8) is 0 Å². The minimum atomic E-state index is -4.63. The van der Waals surface area contributed by atoms with E-state index in [1.54, 1.807) is 12.1 Å². The lowest BCUT2D eigenvalue weighted by Gasteiger charge is -2.10. The zero-order valence-electron chi connectivity index (χ0n) is 16.4. The number of rotatable bonds is 5. The van der Waals surface area contributed by atoms with Crippen molar-refractivity contribution >= 4 is 22.8 Å². The van der Waals surface area contributed by atoms with E-state index in [4.69, 9.17) is 14.9 Å². The van der Waals surface area contributed by atoms with Crippen LogP contribution in [-0.4, -0.2) is 42.9 Å². The predicted molar refractivity (Wildman–Crippen MR) is 104 cm³/mol. The van der Waals surface area contributed by atoms with E-state index < -0.39 is 17.6 Å². The van der Waals surface area contributed by atoms with Gasteiger partial charge in [-0.25, -0.2) is 0 Å². The normalized spacial score (nSPS) is 12.6. The molecule has 30 heavy (non-hydrogen) atoms. The molecule has 0 unspecified atom stereocenters. The quantitative estimate of drug-likeness (QED) is 0.429. The van der Waals surface area contributed by atoms with Gasteiger partial charge in [-0.05, 0) is 38.4 Å². The number of H-pyrrole nitrogens is 1. The molecule has 8 nitrogen and oxygen atoms in total. The predicted octanol–water partition coefficient (Wildman–Crippen LogP) is 3.31. The highest BCUT2D eigenvalue weighted by molar-refractivity contribution is 6.05. The number of alkyl halides is 3. The van der Waals surface area contributed by atoms with Crippen LogP contribution in [0.1, 0.15) is 21.8 Å². The molecule has 1 amide bonds. The fourth-order valence-electron chi connectivity index (χ4n) is 2.78. The van der Waals surface area contributed by atoms with E-state index in [1.807, 2.05) is 19.0 Å². The molecule has 0 atom stereocenters. The molecule has 2 heterocycles. The van der Waals surface area contributed by atoms with E-state index >= 15 is 0 Å². The summed E-state index contributed by atoms with van der Waals surface area (Å²) in [5.74, 6) is -0.211. The minimum Gasteiger partial charge on any atom is -0.429 e. The summed E-state index contributed by atoms with van der Waals surface area (Å²) in [5, 5.41) is 2.23. The van der Waals surface area contributed by atoms with Crippen LogP contribution in [0.15, 0.2) is 39.7 Å². The molecular weight excluding hydrogens is 403 g/mol. The highest BCUT2D eigenvalue weighted by Gasteiger charge is 2.34. The summed E-state index contributed by atoms with van der Waals surface area (Å²) in [5.41, 5.74) is 4.35. The molecule has 11 heteroatoms. The maximum atomic E-state index is 13.5. The Kier molecular flexibility index (Phi) is 5.74. The van der Waals surface area contributed by atoms with Crippen LogP contribution in [0.25, 0.3) is 10.9 Å². The number of nitrogens with zero attached hydrogens (tertiary/aromatic N) is 2. The Morgan fingerprint density at radius 1 is 1.30 bits per heavy atom. The summed E-state index contributed by atoms with van der Waals surface area (Å²) in [6.07, 6.45) is -4.63. The largest absolute Gasteiger partial charge is 0.429 e. The molecule has 0 aliphatic carbocycles. The number of ether oxygens (including phenoxy) is 1. The number of hydrogen-bond acceptors (Lipinski definition) is 4. The Hall–Kier alpha value is -3.47. The number of amides is 1. The fourth-order valence-corrected chi connectivity index (χ4v) is 2.78. The second kappa shape index (κ2) is 8.11. The Bertz CT molecular complexity index is 1100. The standard InChI is InChI=1S/C19H20F3N5O3/c1-24-18(23)26-17(28)13-8-11-12(19(20,21)22)5-6-14(16(11)25-13)30-15-7-4-10(29-15)9-27(2)3/h4-8,25H,9H2,1-3H3,(H3,23,24,26,28). The Morgan fingerprint density at radius 3 is 2.67 bits per heavy atom. The summed E-state index contributed by atoms with van der Waals surface area (Å²) in [6, 6.07) is 6.38. The molecule has 0 aliphatic rings. The van der Waals surface area contributed by atoms with Gasteiger partial charge >= 0.3 is 6.18 Å². The van der Waals surface area contributed by atoms with Gasteiger partial charge in [-0.2, -0.15) is 18.2 Å². The average Bonchev–Trinajstić information content (AvgIpc) is 3.27. The van der Waals surface area contributed by atoms with Crippen molar-refractivity contribution in [1.29, 1.82) is 0 Å². The van der Waals surface area contributed by atoms with Crippen molar-refractivity contribution in [2.75, 3.05) is 21.1 Å². The number of benzene rings is 1. The molecule has 0 saturated carbocycles. The lowest BCUT2D eigenvalue weighted by Crippen LogP contribution is -2.28. The van der Waals surface area contributed by atoms with Gasteiger partial charge in [0.2, 0.25) is 0 Å². The Balaban J connectivity index is 2.04. The van der Waals surface area contributed by atoms with E-state index in [0.717, 1.165) is 18.2 Å². The molecule has 3 rings (SSSR count). The number of hydrogen-bond donors (Lipinski definition) is 3. The zero-order valence-corrected chi connectivity index (χ0v) is 16.4. The summed E-state index contributed by atoms with van der Waals surface area (Å²) in [6.45, 7) is 0.526. The van der Waals surface area contributed by atoms with Crippen molar-refractivity contribution in [3.05, 3.63) is 47.3 Å². The number of furan rings is 1. The zero-order chi connectivity index (χ0) is 22.1. The summed E-state index contributed by atoms with van der Waals surface area (Å²) in [7, 11) is 5.19. The number of nitrogens with one attached hydrogen (secondary N) is 2. The number of guanidine groups is 1. The topological polar surface area (TPSA) is 109 Å². The molecule has 0 saturated heterocycles. The van der Waals surface area contributed by atoms with Crippen molar-refractivity contribution in [2.45, 2.75) is 12.7 Å². The number of aromatic amines is 1. The van der Waals surface area contributed by atoms with E-state index in [2.05, 4.69) is 15.3 Å². The monoisotopic (exact) mass is 423 g/mol. The highest BCUT2D eigenvalue weighted by Crippen LogP contribution is 2.40. The van der Waals surface area contributed by atoms with Crippen molar-refractivity contribution in [3.8, 4) is 11.7 Å². The number of aromatic nitrogens is 1.